The van der Waals surface area contributed by atoms with Crippen molar-refractivity contribution in [2.24, 2.45) is 0 Å². The van der Waals surface area contributed by atoms with Crippen LogP contribution in [0.3, 0.4) is 0 Å². The Hall–Kier alpha value is -1.77. The molecule has 0 aliphatic heterocycles. The van der Waals surface area contributed by atoms with Gasteiger partial charge in [0.25, 0.3) is 0 Å². The number of aryl methyl sites for hydroxylation is 1. The monoisotopic (exact) mass is 250 g/mol. The third kappa shape index (κ3) is 6.74. The lowest BCUT2D eigenvalue weighted by Crippen LogP contribution is -1.98. The number of carbonyl (C=O) groups is 1. The van der Waals surface area contributed by atoms with E-state index in [9.17, 15) is 9.90 Å². The van der Waals surface area contributed by atoms with Gasteiger partial charge in [-0.15, -0.1) is 0 Å². The van der Waals surface area contributed by atoms with E-state index in [1.807, 2.05) is 18.2 Å². The van der Waals surface area contributed by atoms with E-state index in [0.717, 1.165) is 18.4 Å². The van der Waals surface area contributed by atoms with Gasteiger partial charge in [-0.05, 0) is 31.4 Å². The molecule has 0 atom stereocenters. The van der Waals surface area contributed by atoms with Crippen molar-refractivity contribution in [2.75, 3.05) is 7.11 Å². The Labute approximate surface area is 109 Å². The van der Waals surface area contributed by atoms with Gasteiger partial charge in [-0.2, -0.15) is 0 Å². The second kappa shape index (κ2) is 9.28. The van der Waals surface area contributed by atoms with Gasteiger partial charge in [0.15, 0.2) is 0 Å². The highest BCUT2D eigenvalue weighted by atomic mass is 16.5. The van der Waals surface area contributed by atoms with E-state index in [1.165, 1.54) is 13.5 Å². The topological polar surface area (TPSA) is 46.5 Å². The van der Waals surface area contributed by atoms with Crippen molar-refractivity contribution in [3.63, 3.8) is 0 Å². The zero-order valence-electron chi connectivity index (χ0n) is 11.4. The minimum atomic E-state index is -0.347. The van der Waals surface area contributed by atoms with E-state index in [0.29, 0.717) is 11.3 Å². The van der Waals surface area contributed by atoms with Crippen LogP contribution in [0.15, 0.2) is 36.4 Å². The van der Waals surface area contributed by atoms with Gasteiger partial charge < -0.3 is 9.84 Å². The summed E-state index contributed by atoms with van der Waals surface area (Å²) in [4.78, 5) is 10.2. The SMILES string of the molecule is C=C(C)C(=O)OC.CCCCc1ccccc1O. The molecule has 0 heterocycles. The van der Waals surface area contributed by atoms with E-state index in [2.05, 4.69) is 18.2 Å². The third-order valence-electron chi connectivity index (χ3n) is 2.33. The van der Waals surface area contributed by atoms with E-state index >= 15 is 0 Å². The number of unbranched alkanes of at least 4 members (excludes halogenated alkanes) is 1. The van der Waals surface area contributed by atoms with Gasteiger partial charge in [0.1, 0.15) is 5.75 Å². The van der Waals surface area contributed by atoms with Gasteiger partial charge in [0.2, 0.25) is 0 Å². The molecule has 3 heteroatoms. The molecule has 0 amide bonds. The molecule has 100 valence electrons. The fourth-order valence-corrected chi connectivity index (χ4v) is 1.26. The normalized spacial score (nSPS) is 9.06. The fourth-order valence-electron chi connectivity index (χ4n) is 1.26. The van der Waals surface area contributed by atoms with Crippen molar-refractivity contribution < 1.29 is 14.6 Å². The number of aromatic hydroxyl groups is 1. The van der Waals surface area contributed by atoms with Crippen LogP contribution in [-0.2, 0) is 16.0 Å². The number of para-hydroxylation sites is 1. The second-order valence-electron chi connectivity index (χ2n) is 4.00. The molecule has 3 nitrogen and oxygen atoms in total. The first-order valence-corrected chi connectivity index (χ1v) is 6.03. The predicted octanol–water partition coefficient (Wildman–Crippen LogP) is 3.47. The minimum Gasteiger partial charge on any atom is -0.508 e. The lowest BCUT2D eigenvalue weighted by Gasteiger charge is -2.01. The highest BCUT2D eigenvalue weighted by molar-refractivity contribution is 5.86. The smallest absolute Gasteiger partial charge is 0.332 e. The van der Waals surface area contributed by atoms with E-state index in [4.69, 9.17) is 0 Å². The quantitative estimate of drug-likeness (QED) is 0.657. The number of ether oxygens (including phenoxy) is 1. The standard InChI is InChI=1S/C10H14O.C5H8O2/c1-2-3-6-9-7-4-5-8-10(9)11;1-4(2)5(6)7-3/h4-5,7-8,11H,2-3,6H2,1H3;1H2,2-3H3. The van der Waals surface area contributed by atoms with E-state index < -0.39 is 0 Å². The van der Waals surface area contributed by atoms with Crippen LogP contribution in [0.5, 0.6) is 5.75 Å². The third-order valence-corrected chi connectivity index (χ3v) is 2.33. The largest absolute Gasteiger partial charge is 0.508 e. The Morgan fingerprint density at radius 3 is 2.39 bits per heavy atom. The average molecular weight is 250 g/mol. The summed E-state index contributed by atoms with van der Waals surface area (Å²) in [6.07, 6.45) is 3.31. The van der Waals surface area contributed by atoms with Crippen LogP contribution in [0.2, 0.25) is 0 Å². The molecule has 0 aromatic heterocycles. The summed E-state index contributed by atoms with van der Waals surface area (Å²) in [6, 6.07) is 7.53. The summed E-state index contributed by atoms with van der Waals surface area (Å²) in [5, 5.41) is 9.34. The molecule has 0 fully saturated rings. The fraction of sp³-hybridized carbons (Fsp3) is 0.400. The predicted molar refractivity (Wildman–Crippen MR) is 73.5 cm³/mol. The van der Waals surface area contributed by atoms with Gasteiger partial charge in [0, 0.05) is 5.57 Å². The van der Waals surface area contributed by atoms with Gasteiger partial charge in [-0.1, -0.05) is 38.1 Å². The molecule has 1 aromatic rings. The van der Waals surface area contributed by atoms with Crippen molar-refractivity contribution >= 4 is 5.97 Å². The average Bonchev–Trinajstić information content (AvgIpc) is 2.37. The molecule has 0 spiro atoms. The summed E-state index contributed by atoms with van der Waals surface area (Å²) in [5.41, 5.74) is 1.50. The molecule has 1 rings (SSSR count). The highest BCUT2D eigenvalue weighted by Gasteiger charge is 1.96. The maximum absolute atomic E-state index is 10.2. The zero-order chi connectivity index (χ0) is 14.0. The van der Waals surface area contributed by atoms with E-state index in [-0.39, 0.29) is 5.97 Å². The minimum absolute atomic E-state index is 0.347. The molecule has 0 radical (unpaired) electrons. The second-order valence-corrected chi connectivity index (χ2v) is 4.00. The van der Waals surface area contributed by atoms with Gasteiger partial charge in [-0.3, -0.25) is 0 Å². The number of hydrogen-bond acceptors (Lipinski definition) is 3. The molecular formula is C15H22O3. The first-order chi connectivity index (χ1) is 8.52. The molecule has 0 bridgehead atoms. The zero-order valence-corrected chi connectivity index (χ0v) is 11.4. The van der Waals surface area contributed by atoms with Crippen LogP contribution in [0.1, 0.15) is 32.3 Å². The van der Waals surface area contributed by atoms with E-state index in [1.54, 1.807) is 13.0 Å². The molecule has 0 saturated carbocycles. The van der Waals surface area contributed by atoms with Gasteiger partial charge in [-0.25, -0.2) is 4.79 Å². The van der Waals surface area contributed by atoms with Crippen LogP contribution >= 0.6 is 0 Å². The van der Waals surface area contributed by atoms with Crippen molar-refractivity contribution in [1.29, 1.82) is 0 Å². The molecule has 0 aliphatic carbocycles. The van der Waals surface area contributed by atoms with Gasteiger partial charge >= 0.3 is 5.97 Å². The molecule has 1 aromatic carbocycles. The number of methoxy groups -OCH3 is 1. The van der Waals surface area contributed by atoms with Crippen LogP contribution in [-0.4, -0.2) is 18.2 Å². The first kappa shape index (κ1) is 16.2. The van der Waals surface area contributed by atoms with Crippen molar-refractivity contribution in [2.45, 2.75) is 33.1 Å². The Morgan fingerprint density at radius 1 is 1.39 bits per heavy atom. The molecule has 18 heavy (non-hydrogen) atoms. The van der Waals surface area contributed by atoms with Crippen LogP contribution in [0.25, 0.3) is 0 Å². The number of hydrogen-bond donors (Lipinski definition) is 1. The molecule has 0 aliphatic rings. The summed E-state index contributed by atoms with van der Waals surface area (Å²) in [7, 11) is 1.33. The Kier molecular flexibility index (Phi) is 8.37. The maximum atomic E-state index is 10.2. The summed E-state index contributed by atoms with van der Waals surface area (Å²) in [5.74, 6) is 0.0842. The van der Waals surface area contributed by atoms with Crippen molar-refractivity contribution in [3.05, 3.63) is 42.0 Å². The highest BCUT2D eigenvalue weighted by Crippen LogP contribution is 2.17. The summed E-state index contributed by atoms with van der Waals surface area (Å²) < 4.78 is 4.27. The molecule has 0 saturated heterocycles. The Morgan fingerprint density at radius 2 is 2.00 bits per heavy atom. The molecular weight excluding hydrogens is 228 g/mol. The number of carbonyl (C=O) groups excluding carboxylic acids is 1. The van der Waals surface area contributed by atoms with Crippen molar-refractivity contribution in [3.8, 4) is 5.75 Å². The Bertz CT molecular complexity index is 383. The van der Waals surface area contributed by atoms with Gasteiger partial charge in [0.05, 0.1) is 7.11 Å². The Balaban J connectivity index is 0.000000360. The number of phenolic OH excluding ortho intramolecular Hbond substituents is 1. The number of phenols is 1. The number of benzene rings is 1. The van der Waals surface area contributed by atoms with Crippen LogP contribution in [0, 0.1) is 0 Å². The maximum Gasteiger partial charge on any atom is 0.332 e. The summed E-state index contributed by atoms with van der Waals surface area (Å²) in [6.45, 7) is 7.11. The molecule has 1 N–H and O–H groups in total. The lowest BCUT2D eigenvalue weighted by molar-refractivity contribution is -0.136. The summed E-state index contributed by atoms with van der Waals surface area (Å²) >= 11 is 0. The molecule has 0 unspecified atom stereocenters. The van der Waals surface area contributed by atoms with Crippen LogP contribution < -0.4 is 0 Å². The van der Waals surface area contributed by atoms with Crippen molar-refractivity contribution in [1.82, 2.24) is 0 Å². The number of rotatable bonds is 4. The van der Waals surface area contributed by atoms with Crippen LogP contribution in [0.4, 0.5) is 0 Å². The lowest BCUT2D eigenvalue weighted by atomic mass is 10.1. The first-order valence-electron chi connectivity index (χ1n) is 6.03. The number of esters is 1.